The molecule has 2 rings (SSSR count). The van der Waals surface area contributed by atoms with E-state index in [9.17, 15) is 4.79 Å². The number of carbonyl (C=O) groups is 1. The molecule has 0 spiro atoms. The quantitative estimate of drug-likeness (QED) is 0.373. The molecule has 2 atom stereocenters. The van der Waals surface area contributed by atoms with Gasteiger partial charge in [-0.2, -0.15) is 0 Å². The van der Waals surface area contributed by atoms with E-state index in [2.05, 4.69) is 45.9 Å². The fourth-order valence-electron chi connectivity index (χ4n) is 3.92. The first-order chi connectivity index (χ1) is 11.6. The van der Waals surface area contributed by atoms with Gasteiger partial charge in [-0.25, -0.2) is 0 Å². The second-order valence-corrected chi connectivity index (χ2v) is 8.16. The standard InChI is InChI=1S/C22H32O3/c1-17(9-7-10-18(2)12-16-24-19(3)23)11-15-22-20(4,5)13-8-14-21(22,6)25-22/h7,9-12,15H,8,13-14,16H2,1-6H3/b10-7-,15-11+,17-9+,18-12-/t21-,22+/m1/s1. The number of epoxide rings is 1. The Hall–Kier alpha value is -1.61. The summed E-state index contributed by atoms with van der Waals surface area (Å²) in [5.74, 6) is -0.256. The van der Waals surface area contributed by atoms with E-state index in [1.165, 1.54) is 25.3 Å². The zero-order chi connectivity index (χ0) is 18.7. The average molecular weight is 344 g/mol. The highest BCUT2D eigenvalue weighted by Crippen LogP contribution is 2.66. The van der Waals surface area contributed by atoms with Gasteiger partial charge in [0.05, 0.1) is 5.60 Å². The summed E-state index contributed by atoms with van der Waals surface area (Å²) in [4.78, 5) is 10.7. The van der Waals surface area contributed by atoms with Crippen molar-refractivity contribution >= 4 is 5.97 Å². The average Bonchev–Trinajstić information content (AvgIpc) is 3.12. The van der Waals surface area contributed by atoms with Crippen molar-refractivity contribution in [2.24, 2.45) is 5.41 Å². The SMILES string of the molecule is CC(=O)OC\C=C(C)/C=C\C=C(C)\C=C\[C@@]12O[C@]1(C)CCCC2(C)C. The Morgan fingerprint density at radius 3 is 2.44 bits per heavy atom. The van der Waals surface area contributed by atoms with Crippen LogP contribution in [0.1, 0.15) is 60.8 Å². The van der Waals surface area contributed by atoms with Gasteiger partial charge in [-0.05, 0) is 52.2 Å². The van der Waals surface area contributed by atoms with Gasteiger partial charge in [0.1, 0.15) is 12.2 Å². The van der Waals surface area contributed by atoms with Crippen LogP contribution in [0.5, 0.6) is 0 Å². The van der Waals surface area contributed by atoms with Crippen LogP contribution in [-0.2, 0) is 14.3 Å². The van der Waals surface area contributed by atoms with Gasteiger partial charge in [-0.3, -0.25) is 4.79 Å². The molecular weight excluding hydrogens is 312 g/mol. The lowest BCUT2D eigenvalue weighted by molar-refractivity contribution is -0.139. The van der Waals surface area contributed by atoms with Gasteiger partial charge in [0.15, 0.2) is 0 Å². The number of carbonyl (C=O) groups excluding carboxylic acids is 1. The van der Waals surface area contributed by atoms with Crippen molar-refractivity contribution < 1.29 is 14.3 Å². The third-order valence-corrected chi connectivity index (χ3v) is 5.58. The van der Waals surface area contributed by atoms with Gasteiger partial charge in [-0.15, -0.1) is 0 Å². The number of esters is 1. The third kappa shape index (κ3) is 4.33. The number of hydrogen-bond acceptors (Lipinski definition) is 3. The summed E-state index contributed by atoms with van der Waals surface area (Å²) in [6, 6.07) is 0. The predicted molar refractivity (Wildman–Crippen MR) is 102 cm³/mol. The van der Waals surface area contributed by atoms with Gasteiger partial charge in [0.25, 0.3) is 0 Å². The summed E-state index contributed by atoms with van der Waals surface area (Å²) in [5, 5.41) is 0. The van der Waals surface area contributed by atoms with E-state index in [1.807, 2.05) is 25.2 Å². The molecule has 1 aliphatic heterocycles. The van der Waals surface area contributed by atoms with Crippen LogP contribution in [0.2, 0.25) is 0 Å². The van der Waals surface area contributed by atoms with Gasteiger partial charge in [-0.1, -0.05) is 49.3 Å². The fraction of sp³-hybridized carbons (Fsp3) is 0.591. The van der Waals surface area contributed by atoms with E-state index in [0.717, 1.165) is 12.0 Å². The smallest absolute Gasteiger partial charge is 0.302 e. The van der Waals surface area contributed by atoms with Gasteiger partial charge < -0.3 is 9.47 Å². The van der Waals surface area contributed by atoms with Gasteiger partial charge >= 0.3 is 5.97 Å². The Labute approximate surface area is 152 Å². The van der Waals surface area contributed by atoms with E-state index < -0.39 is 0 Å². The Bertz CT molecular complexity index is 636. The molecule has 0 aromatic rings. The minimum atomic E-state index is -0.256. The summed E-state index contributed by atoms with van der Waals surface area (Å²) in [6.45, 7) is 12.7. The minimum absolute atomic E-state index is 0.0113. The molecule has 138 valence electrons. The predicted octanol–water partition coefficient (Wildman–Crippen LogP) is 5.29. The van der Waals surface area contributed by atoms with E-state index >= 15 is 0 Å². The maximum atomic E-state index is 10.7. The van der Waals surface area contributed by atoms with Crippen molar-refractivity contribution in [3.63, 3.8) is 0 Å². The maximum absolute atomic E-state index is 10.7. The first kappa shape index (κ1) is 19.7. The highest BCUT2D eigenvalue weighted by molar-refractivity contribution is 5.66. The second-order valence-electron chi connectivity index (χ2n) is 8.16. The Kier molecular flexibility index (Phi) is 5.78. The number of fused-ring (bicyclic) bond motifs is 1. The normalized spacial score (nSPS) is 32.1. The first-order valence-electron chi connectivity index (χ1n) is 9.16. The van der Waals surface area contributed by atoms with E-state index in [4.69, 9.17) is 9.47 Å². The molecule has 2 fully saturated rings. The lowest BCUT2D eigenvalue weighted by atomic mass is 9.64. The summed E-state index contributed by atoms with van der Waals surface area (Å²) in [5.41, 5.74) is 2.34. The van der Waals surface area contributed by atoms with E-state index in [1.54, 1.807) is 0 Å². The molecule has 1 saturated heterocycles. The number of allylic oxidation sites excluding steroid dienone is 6. The largest absolute Gasteiger partial charge is 0.462 e. The monoisotopic (exact) mass is 344 g/mol. The van der Waals surface area contributed by atoms with Crippen LogP contribution in [0.4, 0.5) is 0 Å². The van der Waals surface area contributed by atoms with Crippen LogP contribution < -0.4 is 0 Å². The van der Waals surface area contributed by atoms with Gasteiger partial charge in [0, 0.05) is 12.3 Å². The molecule has 0 aromatic heterocycles. The van der Waals surface area contributed by atoms with Crippen LogP contribution in [0.3, 0.4) is 0 Å². The Morgan fingerprint density at radius 1 is 1.08 bits per heavy atom. The number of hydrogen-bond donors (Lipinski definition) is 0. The van der Waals surface area contributed by atoms with Crippen molar-refractivity contribution in [1.82, 2.24) is 0 Å². The molecule has 0 N–H and O–H groups in total. The molecule has 0 radical (unpaired) electrons. The van der Waals surface area contributed by atoms with E-state index in [-0.39, 0.29) is 22.6 Å². The molecule has 0 unspecified atom stereocenters. The molecule has 1 saturated carbocycles. The molecule has 0 amide bonds. The lowest BCUT2D eigenvalue weighted by Gasteiger charge is -2.36. The van der Waals surface area contributed by atoms with Crippen molar-refractivity contribution in [3.05, 3.63) is 47.6 Å². The maximum Gasteiger partial charge on any atom is 0.302 e. The van der Waals surface area contributed by atoms with Crippen LogP contribution >= 0.6 is 0 Å². The lowest BCUT2D eigenvalue weighted by Crippen LogP contribution is -2.41. The highest BCUT2D eigenvalue weighted by Gasteiger charge is 2.73. The first-order valence-corrected chi connectivity index (χ1v) is 9.16. The molecule has 3 heteroatoms. The highest BCUT2D eigenvalue weighted by atomic mass is 16.6. The number of rotatable bonds is 6. The summed E-state index contributed by atoms with van der Waals surface area (Å²) >= 11 is 0. The minimum Gasteiger partial charge on any atom is -0.462 e. The molecule has 1 heterocycles. The zero-order valence-electron chi connectivity index (χ0n) is 16.5. The van der Waals surface area contributed by atoms with Crippen molar-refractivity contribution in [2.75, 3.05) is 6.61 Å². The van der Waals surface area contributed by atoms with Crippen LogP contribution in [0.15, 0.2) is 47.6 Å². The Balaban J connectivity index is 1.96. The zero-order valence-corrected chi connectivity index (χ0v) is 16.5. The van der Waals surface area contributed by atoms with E-state index in [0.29, 0.717) is 6.61 Å². The van der Waals surface area contributed by atoms with Crippen LogP contribution in [0.25, 0.3) is 0 Å². The van der Waals surface area contributed by atoms with Crippen LogP contribution in [0, 0.1) is 5.41 Å². The topological polar surface area (TPSA) is 38.8 Å². The number of ether oxygens (including phenoxy) is 2. The van der Waals surface area contributed by atoms with Crippen molar-refractivity contribution in [2.45, 2.75) is 72.0 Å². The second kappa shape index (κ2) is 7.33. The summed E-state index contributed by atoms with van der Waals surface area (Å²) in [7, 11) is 0. The molecule has 0 aromatic carbocycles. The van der Waals surface area contributed by atoms with Gasteiger partial charge in [0.2, 0.25) is 0 Å². The summed E-state index contributed by atoms with van der Waals surface area (Å²) in [6.07, 6.45) is 16.1. The van der Waals surface area contributed by atoms with Crippen molar-refractivity contribution in [3.8, 4) is 0 Å². The third-order valence-electron chi connectivity index (χ3n) is 5.58. The van der Waals surface area contributed by atoms with Crippen molar-refractivity contribution in [1.29, 1.82) is 0 Å². The molecule has 25 heavy (non-hydrogen) atoms. The fourth-order valence-corrected chi connectivity index (χ4v) is 3.92. The Morgan fingerprint density at radius 2 is 1.80 bits per heavy atom. The molecule has 1 aliphatic carbocycles. The molecule has 3 nitrogen and oxygen atoms in total. The van der Waals surface area contributed by atoms with Crippen LogP contribution in [-0.4, -0.2) is 23.8 Å². The summed E-state index contributed by atoms with van der Waals surface area (Å²) < 4.78 is 11.1. The molecule has 0 bridgehead atoms. The molecular formula is C22H32O3. The molecule has 2 aliphatic rings.